The Balaban J connectivity index is 2.39. The molecule has 0 saturated heterocycles. The maximum absolute atomic E-state index is 9.81. The maximum atomic E-state index is 9.81. The Morgan fingerprint density at radius 1 is 1.25 bits per heavy atom. The molecule has 1 aromatic carbocycles. The van der Waals surface area contributed by atoms with Crippen LogP contribution in [0.1, 0.15) is 18.1 Å². The first kappa shape index (κ1) is 13.2. The number of benzene rings is 1. The summed E-state index contributed by atoms with van der Waals surface area (Å²) in [7, 11) is 1.57. The average molecular weight is 224 g/mol. The molecule has 90 valence electrons. The first-order valence-electron chi connectivity index (χ1n) is 5.39. The first-order valence-corrected chi connectivity index (χ1v) is 5.39. The van der Waals surface area contributed by atoms with Gasteiger partial charge in [-0.15, -0.1) is 0 Å². The third kappa shape index (κ3) is 4.31. The zero-order valence-electron chi connectivity index (χ0n) is 10.2. The molecule has 3 heteroatoms. The highest BCUT2D eigenvalue weighted by molar-refractivity contribution is 5.24. The monoisotopic (exact) mass is 224 g/mol. The molecule has 0 aliphatic heterocycles. The van der Waals surface area contributed by atoms with Crippen molar-refractivity contribution in [2.24, 2.45) is 0 Å². The Bertz CT molecular complexity index is 321. The molecule has 1 N–H and O–H groups in total. The van der Waals surface area contributed by atoms with Crippen LogP contribution in [0.3, 0.4) is 0 Å². The fourth-order valence-corrected chi connectivity index (χ4v) is 1.51. The molecular formula is C13H20O3. The molecule has 3 nitrogen and oxygen atoms in total. The predicted molar refractivity (Wildman–Crippen MR) is 63.3 cm³/mol. The van der Waals surface area contributed by atoms with Gasteiger partial charge in [0, 0.05) is 7.11 Å². The minimum atomic E-state index is -0.919. The summed E-state index contributed by atoms with van der Waals surface area (Å²) in [5.41, 5.74) is 1.43. The van der Waals surface area contributed by atoms with Crippen LogP contribution in [0, 0.1) is 6.92 Å². The Morgan fingerprint density at radius 2 is 1.94 bits per heavy atom. The van der Waals surface area contributed by atoms with Gasteiger partial charge in [-0.3, -0.25) is 0 Å². The fraction of sp³-hybridized carbons (Fsp3) is 0.538. The van der Waals surface area contributed by atoms with Crippen LogP contribution in [0.2, 0.25) is 0 Å². The molecule has 0 aliphatic carbocycles. The van der Waals surface area contributed by atoms with E-state index >= 15 is 0 Å². The number of ether oxygens (including phenoxy) is 2. The van der Waals surface area contributed by atoms with E-state index in [1.54, 1.807) is 14.0 Å². The lowest BCUT2D eigenvalue weighted by Crippen LogP contribution is -2.35. The van der Waals surface area contributed by atoms with Crippen LogP contribution in [0.4, 0.5) is 0 Å². The lowest BCUT2D eigenvalue weighted by Gasteiger charge is -2.22. The van der Waals surface area contributed by atoms with Gasteiger partial charge < -0.3 is 14.6 Å². The number of aliphatic hydroxyl groups is 1. The van der Waals surface area contributed by atoms with Crippen molar-refractivity contribution in [2.45, 2.75) is 26.1 Å². The minimum Gasteiger partial charge on any atom is -0.385 e. The van der Waals surface area contributed by atoms with Crippen molar-refractivity contribution in [2.75, 3.05) is 20.3 Å². The van der Waals surface area contributed by atoms with Gasteiger partial charge in [-0.1, -0.05) is 24.3 Å². The smallest absolute Gasteiger partial charge is 0.108 e. The van der Waals surface area contributed by atoms with Crippen LogP contribution in [-0.2, 0) is 16.1 Å². The molecule has 0 amide bonds. The molecule has 1 unspecified atom stereocenters. The van der Waals surface area contributed by atoms with Gasteiger partial charge >= 0.3 is 0 Å². The highest BCUT2D eigenvalue weighted by Crippen LogP contribution is 2.10. The normalized spacial score (nSPS) is 14.8. The molecule has 0 aliphatic rings. The van der Waals surface area contributed by atoms with E-state index in [1.807, 2.05) is 31.2 Å². The van der Waals surface area contributed by atoms with Crippen molar-refractivity contribution in [1.82, 2.24) is 0 Å². The summed E-state index contributed by atoms with van der Waals surface area (Å²) in [6.45, 7) is 4.82. The van der Waals surface area contributed by atoms with Crippen LogP contribution >= 0.6 is 0 Å². The fourth-order valence-electron chi connectivity index (χ4n) is 1.51. The average Bonchev–Trinajstić information content (AvgIpc) is 2.20. The molecule has 1 atom stereocenters. The summed E-state index contributed by atoms with van der Waals surface area (Å²) in [5, 5.41) is 9.81. The summed E-state index contributed by atoms with van der Waals surface area (Å²) in [5.74, 6) is 0. The van der Waals surface area contributed by atoms with E-state index in [2.05, 4.69) is 0 Å². The third-order valence-electron chi connectivity index (χ3n) is 2.39. The van der Waals surface area contributed by atoms with Crippen molar-refractivity contribution < 1.29 is 14.6 Å². The zero-order valence-corrected chi connectivity index (χ0v) is 10.2. The highest BCUT2D eigenvalue weighted by Gasteiger charge is 2.20. The first-order chi connectivity index (χ1) is 7.55. The third-order valence-corrected chi connectivity index (χ3v) is 2.39. The molecule has 16 heavy (non-hydrogen) atoms. The molecule has 0 bridgehead atoms. The molecule has 0 fully saturated rings. The summed E-state index contributed by atoms with van der Waals surface area (Å²) in [4.78, 5) is 0. The van der Waals surface area contributed by atoms with E-state index in [0.29, 0.717) is 6.61 Å². The summed E-state index contributed by atoms with van der Waals surface area (Å²) in [6, 6.07) is 8.06. The van der Waals surface area contributed by atoms with Gasteiger partial charge in [-0.05, 0) is 25.0 Å². The molecular weight excluding hydrogens is 204 g/mol. The Labute approximate surface area is 97.0 Å². The lowest BCUT2D eigenvalue weighted by atomic mass is 10.1. The van der Waals surface area contributed by atoms with Gasteiger partial charge in [0.1, 0.15) is 5.60 Å². The lowest BCUT2D eigenvalue weighted by molar-refractivity contribution is -0.0788. The van der Waals surface area contributed by atoms with Crippen LogP contribution in [0.5, 0.6) is 0 Å². The van der Waals surface area contributed by atoms with Crippen molar-refractivity contribution >= 4 is 0 Å². The van der Waals surface area contributed by atoms with Gasteiger partial charge in [0.25, 0.3) is 0 Å². The Kier molecular flexibility index (Phi) is 4.93. The standard InChI is InChI=1S/C13H20O3/c1-11-6-4-5-7-12(11)8-16-10-13(2,14)9-15-3/h4-7,14H,8-10H2,1-3H3. The van der Waals surface area contributed by atoms with Crippen LogP contribution in [0.25, 0.3) is 0 Å². The second-order valence-corrected chi connectivity index (χ2v) is 4.35. The number of rotatable bonds is 6. The van der Waals surface area contributed by atoms with E-state index in [1.165, 1.54) is 5.56 Å². The summed E-state index contributed by atoms with van der Waals surface area (Å²) < 4.78 is 10.4. The predicted octanol–water partition coefficient (Wildman–Crippen LogP) is 1.91. The summed E-state index contributed by atoms with van der Waals surface area (Å²) >= 11 is 0. The number of hydrogen-bond acceptors (Lipinski definition) is 3. The number of hydrogen-bond donors (Lipinski definition) is 1. The van der Waals surface area contributed by atoms with Gasteiger partial charge in [-0.25, -0.2) is 0 Å². The molecule has 0 heterocycles. The molecule has 1 aromatic rings. The molecule has 1 rings (SSSR count). The van der Waals surface area contributed by atoms with Gasteiger partial charge in [0.15, 0.2) is 0 Å². The van der Waals surface area contributed by atoms with Gasteiger partial charge in [0.2, 0.25) is 0 Å². The Hall–Kier alpha value is -0.900. The van der Waals surface area contributed by atoms with Gasteiger partial charge in [-0.2, -0.15) is 0 Å². The minimum absolute atomic E-state index is 0.273. The zero-order chi connectivity index (χ0) is 12.0. The molecule has 0 spiro atoms. The number of methoxy groups -OCH3 is 1. The second kappa shape index (κ2) is 5.99. The Morgan fingerprint density at radius 3 is 2.56 bits per heavy atom. The largest absolute Gasteiger partial charge is 0.385 e. The van der Waals surface area contributed by atoms with E-state index in [4.69, 9.17) is 9.47 Å². The van der Waals surface area contributed by atoms with Gasteiger partial charge in [0.05, 0.1) is 19.8 Å². The van der Waals surface area contributed by atoms with Crippen molar-refractivity contribution in [3.05, 3.63) is 35.4 Å². The quantitative estimate of drug-likeness (QED) is 0.802. The highest BCUT2D eigenvalue weighted by atomic mass is 16.5. The van der Waals surface area contributed by atoms with Crippen molar-refractivity contribution in [1.29, 1.82) is 0 Å². The van der Waals surface area contributed by atoms with E-state index in [9.17, 15) is 5.11 Å². The van der Waals surface area contributed by atoms with Crippen LogP contribution in [-0.4, -0.2) is 31.0 Å². The SMILES string of the molecule is COCC(C)(O)COCc1ccccc1C. The van der Waals surface area contributed by atoms with E-state index in [-0.39, 0.29) is 13.2 Å². The van der Waals surface area contributed by atoms with Crippen molar-refractivity contribution in [3.63, 3.8) is 0 Å². The van der Waals surface area contributed by atoms with E-state index in [0.717, 1.165) is 5.56 Å². The second-order valence-electron chi connectivity index (χ2n) is 4.35. The van der Waals surface area contributed by atoms with Crippen LogP contribution < -0.4 is 0 Å². The van der Waals surface area contributed by atoms with Crippen LogP contribution in [0.15, 0.2) is 24.3 Å². The molecule has 0 radical (unpaired) electrons. The van der Waals surface area contributed by atoms with Crippen molar-refractivity contribution in [3.8, 4) is 0 Å². The topological polar surface area (TPSA) is 38.7 Å². The number of aryl methyl sites for hydroxylation is 1. The maximum Gasteiger partial charge on any atom is 0.108 e. The summed E-state index contributed by atoms with van der Waals surface area (Å²) in [6.07, 6.45) is 0. The molecule has 0 saturated carbocycles. The molecule has 0 aromatic heterocycles. The van der Waals surface area contributed by atoms with E-state index < -0.39 is 5.60 Å².